The van der Waals surface area contributed by atoms with Crippen molar-refractivity contribution in [1.82, 2.24) is 4.98 Å². The molecule has 1 aromatic heterocycles. The molecule has 0 spiro atoms. The first kappa shape index (κ1) is 13.7. The monoisotopic (exact) mass is 299 g/mol. The van der Waals surface area contributed by atoms with Crippen molar-refractivity contribution in [3.8, 4) is 0 Å². The Hall–Kier alpha value is -0.760. The fourth-order valence-electron chi connectivity index (χ4n) is 1.96. The second-order valence-corrected chi connectivity index (χ2v) is 5.54. The van der Waals surface area contributed by atoms with Gasteiger partial charge >= 0.3 is 0 Å². The SMILES string of the molecule is Cc1nc2c(C)cccc2c(Cl)c1CC=C(Cl)Cl. The minimum absolute atomic E-state index is 0.245. The van der Waals surface area contributed by atoms with E-state index in [-0.39, 0.29) is 4.49 Å². The lowest BCUT2D eigenvalue weighted by molar-refractivity contribution is 1.13. The molecule has 4 heteroatoms. The van der Waals surface area contributed by atoms with Crippen LogP contribution in [0.5, 0.6) is 0 Å². The zero-order chi connectivity index (χ0) is 13.3. The van der Waals surface area contributed by atoms with Gasteiger partial charge in [-0.25, -0.2) is 0 Å². The highest BCUT2D eigenvalue weighted by Gasteiger charge is 2.11. The van der Waals surface area contributed by atoms with Gasteiger partial charge < -0.3 is 0 Å². The van der Waals surface area contributed by atoms with Crippen LogP contribution in [-0.2, 0) is 6.42 Å². The van der Waals surface area contributed by atoms with E-state index in [9.17, 15) is 0 Å². The molecule has 1 aromatic carbocycles. The Morgan fingerprint density at radius 3 is 2.67 bits per heavy atom. The van der Waals surface area contributed by atoms with E-state index < -0.39 is 0 Å². The lowest BCUT2D eigenvalue weighted by Gasteiger charge is -2.10. The Bertz CT molecular complexity index is 628. The Morgan fingerprint density at radius 2 is 2.00 bits per heavy atom. The van der Waals surface area contributed by atoms with E-state index >= 15 is 0 Å². The molecule has 0 radical (unpaired) electrons. The number of benzene rings is 1. The van der Waals surface area contributed by atoms with Gasteiger partial charge in [-0.3, -0.25) is 4.98 Å². The third-order valence-corrected chi connectivity index (χ3v) is 3.66. The van der Waals surface area contributed by atoms with Gasteiger partial charge in [-0.05, 0) is 37.5 Å². The molecule has 2 aromatic rings. The van der Waals surface area contributed by atoms with Crippen molar-refractivity contribution in [3.63, 3.8) is 0 Å². The van der Waals surface area contributed by atoms with Crippen molar-refractivity contribution in [1.29, 1.82) is 0 Å². The Kier molecular flexibility index (Phi) is 4.16. The molecular weight excluding hydrogens is 289 g/mol. The molecule has 0 amide bonds. The average molecular weight is 301 g/mol. The van der Waals surface area contributed by atoms with Gasteiger partial charge in [0.2, 0.25) is 0 Å². The number of nitrogens with zero attached hydrogens (tertiary/aromatic N) is 1. The molecule has 1 nitrogen and oxygen atoms in total. The number of fused-ring (bicyclic) bond motifs is 1. The quantitative estimate of drug-likeness (QED) is 0.727. The van der Waals surface area contributed by atoms with E-state index in [1.54, 1.807) is 6.08 Å². The van der Waals surface area contributed by atoms with Gasteiger partial charge in [-0.2, -0.15) is 0 Å². The van der Waals surface area contributed by atoms with Crippen LogP contribution in [-0.4, -0.2) is 4.98 Å². The van der Waals surface area contributed by atoms with Gasteiger partial charge in [-0.15, -0.1) is 0 Å². The molecule has 0 atom stereocenters. The van der Waals surface area contributed by atoms with E-state index in [0.29, 0.717) is 6.42 Å². The van der Waals surface area contributed by atoms with Crippen LogP contribution in [0.2, 0.25) is 5.02 Å². The van der Waals surface area contributed by atoms with Crippen molar-refractivity contribution in [2.24, 2.45) is 0 Å². The largest absolute Gasteiger partial charge is 0.252 e. The highest BCUT2D eigenvalue weighted by Crippen LogP contribution is 2.30. The molecule has 18 heavy (non-hydrogen) atoms. The van der Waals surface area contributed by atoms with Crippen LogP contribution in [0, 0.1) is 13.8 Å². The molecule has 1 heterocycles. The third-order valence-electron chi connectivity index (χ3n) is 2.92. The van der Waals surface area contributed by atoms with Crippen LogP contribution in [0.1, 0.15) is 16.8 Å². The summed E-state index contributed by atoms with van der Waals surface area (Å²) in [7, 11) is 0. The number of pyridine rings is 1. The summed E-state index contributed by atoms with van der Waals surface area (Å²) >= 11 is 17.7. The average Bonchev–Trinajstić information content (AvgIpc) is 2.30. The number of allylic oxidation sites excluding steroid dienone is 1. The van der Waals surface area contributed by atoms with E-state index in [4.69, 9.17) is 34.8 Å². The van der Waals surface area contributed by atoms with Crippen molar-refractivity contribution in [3.05, 3.63) is 50.6 Å². The highest BCUT2D eigenvalue weighted by atomic mass is 35.5. The zero-order valence-electron chi connectivity index (χ0n) is 10.1. The topological polar surface area (TPSA) is 12.9 Å². The minimum atomic E-state index is 0.245. The van der Waals surface area contributed by atoms with Crippen molar-refractivity contribution < 1.29 is 0 Å². The van der Waals surface area contributed by atoms with Gasteiger partial charge in [0, 0.05) is 11.1 Å². The fourth-order valence-corrected chi connectivity index (χ4v) is 2.48. The molecule has 0 bridgehead atoms. The van der Waals surface area contributed by atoms with Gasteiger partial charge in [0.15, 0.2) is 0 Å². The van der Waals surface area contributed by atoms with Crippen LogP contribution in [0.15, 0.2) is 28.8 Å². The minimum Gasteiger partial charge on any atom is -0.252 e. The van der Waals surface area contributed by atoms with E-state index in [1.165, 1.54) is 0 Å². The maximum Gasteiger partial charge on any atom is 0.103 e. The molecule has 94 valence electrons. The van der Waals surface area contributed by atoms with Crippen LogP contribution < -0.4 is 0 Å². The van der Waals surface area contributed by atoms with Crippen molar-refractivity contribution in [2.75, 3.05) is 0 Å². The summed E-state index contributed by atoms with van der Waals surface area (Å²) in [6, 6.07) is 5.99. The number of para-hydroxylation sites is 1. The number of aromatic nitrogens is 1. The summed E-state index contributed by atoms with van der Waals surface area (Å²) < 4.78 is 0.245. The van der Waals surface area contributed by atoms with Crippen molar-refractivity contribution in [2.45, 2.75) is 20.3 Å². The van der Waals surface area contributed by atoms with E-state index in [2.05, 4.69) is 4.98 Å². The zero-order valence-corrected chi connectivity index (χ0v) is 12.4. The first-order valence-corrected chi connectivity index (χ1v) is 6.69. The summed E-state index contributed by atoms with van der Waals surface area (Å²) in [5.41, 5.74) is 3.95. The Labute approximate surface area is 121 Å². The molecule has 2 rings (SSSR count). The summed E-state index contributed by atoms with van der Waals surface area (Å²) in [5, 5.41) is 1.70. The lowest BCUT2D eigenvalue weighted by atomic mass is 10.0. The molecule has 0 aliphatic carbocycles. The normalized spacial score (nSPS) is 10.7. The maximum absolute atomic E-state index is 6.45. The molecule has 0 unspecified atom stereocenters. The molecule has 0 saturated heterocycles. The van der Waals surface area contributed by atoms with Gasteiger partial charge in [0.25, 0.3) is 0 Å². The molecule has 0 saturated carbocycles. The standard InChI is InChI=1S/C14H12Cl3N/c1-8-4-3-5-11-13(17)10(6-7-12(15)16)9(2)18-14(8)11/h3-5,7H,6H2,1-2H3. The number of aryl methyl sites for hydroxylation is 2. The second kappa shape index (κ2) is 5.48. The number of hydrogen-bond acceptors (Lipinski definition) is 1. The van der Waals surface area contributed by atoms with Gasteiger partial charge in [0.05, 0.1) is 10.5 Å². The summed E-state index contributed by atoms with van der Waals surface area (Å²) in [5.74, 6) is 0. The van der Waals surface area contributed by atoms with Crippen molar-refractivity contribution >= 4 is 45.7 Å². The molecule has 0 fully saturated rings. The molecule has 0 N–H and O–H groups in total. The molecular formula is C14H12Cl3N. The maximum atomic E-state index is 6.45. The van der Waals surface area contributed by atoms with Gasteiger partial charge in [0.1, 0.15) is 4.49 Å². The van der Waals surface area contributed by atoms with Crippen LogP contribution in [0.25, 0.3) is 10.9 Å². The number of hydrogen-bond donors (Lipinski definition) is 0. The Balaban J connectivity index is 2.66. The van der Waals surface area contributed by atoms with Crippen LogP contribution >= 0.6 is 34.8 Å². The lowest BCUT2D eigenvalue weighted by Crippen LogP contribution is -1.96. The third kappa shape index (κ3) is 2.64. The number of halogens is 3. The predicted octanol–water partition coefficient (Wildman–Crippen LogP) is 5.37. The first-order chi connectivity index (χ1) is 8.50. The van der Waals surface area contributed by atoms with Crippen LogP contribution in [0.4, 0.5) is 0 Å². The Morgan fingerprint density at radius 1 is 1.28 bits per heavy atom. The summed E-state index contributed by atoms with van der Waals surface area (Å²) in [6.07, 6.45) is 2.31. The second-order valence-electron chi connectivity index (χ2n) is 4.16. The summed E-state index contributed by atoms with van der Waals surface area (Å²) in [6.45, 7) is 3.98. The van der Waals surface area contributed by atoms with Crippen LogP contribution in [0.3, 0.4) is 0 Å². The van der Waals surface area contributed by atoms with Gasteiger partial charge in [-0.1, -0.05) is 53.0 Å². The smallest absolute Gasteiger partial charge is 0.103 e. The number of rotatable bonds is 2. The fraction of sp³-hybridized carbons (Fsp3) is 0.214. The highest BCUT2D eigenvalue weighted by molar-refractivity contribution is 6.55. The first-order valence-electron chi connectivity index (χ1n) is 5.56. The molecule has 0 aliphatic rings. The van der Waals surface area contributed by atoms with E-state index in [0.717, 1.165) is 32.7 Å². The summed E-state index contributed by atoms with van der Waals surface area (Å²) in [4.78, 5) is 4.61. The van der Waals surface area contributed by atoms with E-state index in [1.807, 2.05) is 32.0 Å². The predicted molar refractivity (Wildman–Crippen MR) is 79.7 cm³/mol. The molecule has 0 aliphatic heterocycles.